The van der Waals surface area contributed by atoms with E-state index < -0.39 is 0 Å². The highest BCUT2D eigenvalue weighted by Crippen LogP contribution is 2.50. The summed E-state index contributed by atoms with van der Waals surface area (Å²) in [6, 6.07) is 26.0. The molecule has 0 saturated heterocycles. The molecule has 40 heavy (non-hydrogen) atoms. The Morgan fingerprint density at radius 1 is 0.500 bits per heavy atom. The van der Waals surface area contributed by atoms with Gasteiger partial charge in [-0.05, 0) is 97.9 Å². The lowest BCUT2D eigenvalue weighted by Gasteiger charge is -2.45. The van der Waals surface area contributed by atoms with Gasteiger partial charge < -0.3 is 4.90 Å². The van der Waals surface area contributed by atoms with Gasteiger partial charge in [0.25, 0.3) is 6.71 Å². The van der Waals surface area contributed by atoms with E-state index in [1.807, 2.05) is 23.5 Å². The van der Waals surface area contributed by atoms with Crippen LogP contribution in [-0.4, -0.2) is 6.71 Å². The second-order valence-corrected chi connectivity index (χ2v) is 16.9. The first-order chi connectivity index (χ1) is 18.7. The Kier molecular flexibility index (Phi) is 5.59. The van der Waals surface area contributed by atoms with E-state index in [4.69, 9.17) is 0 Å². The van der Waals surface area contributed by atoms with Crippen LogP contribution >= 0.6 is 23.5 Å². The Labute approximate surface area is 249 Å². The standard InChI is InChI=1S/C36H38BNS2/c1-34(2,3)21-15-25-31-27(17-21)39-29-19-23(36(7,8)9)20-30-33(29)37(31)32-26(38(25)24-13-11-10-12-14-24)16-22(35(4,5)6)18-28(32)40-30/h10-20H,1-9H3. The summed E-state index contributed by atoms with van der Waals surface area (Å²) < 4.78 is 0. The molecule has 0 unspecified atom stereocenters. The average Bonchev–Trinajstić information content (AvgIpc) is 2.87. The number of para-hydroxylation sites is 1. The minimum atomic E-state index is 0.0499. The van der Waals surface area contributed by atoms with Crippen LogP contribution in [0.2, 0.25) is 0 Å². The van der Waals surface area contributed by atoms with Gasteiger partial charge in [-0.3, -0.25) is 0 Å². The number of anilines is 3. The fourth-order valence-electron chi connectivity index (χ4n) is 6.35. The van der Waals surface area contributed by atoms with Crippen molar-refractivity contribution in [1.82, 2.24) is 0 Å². The van der Waals surface area contributed by atoms with Crippen molar-refractivity contribution in [3.05, 3.63) is 83.4 Å². The molecule has 0 amide bonds. The number of rotatable bonds is 1. The summed E-state index contributed by atoms with van der Waals surface area (Å²) in [6.07, 6.45) is 0. The number of benzene rings is 4. The summed E-state index contributed by atoms with van der Waals surface area (Å²) in [4.78, 5) is 8.28. The molecule has 0 aromatic heterocycles. The maximum atomic E-state index is 2.57. The van der Waals surface area contributed by atoms with Gasteiger partial charge in [-0.1, -0.05) is 104 Å². The van der Waals surface area contributed by atoms with Crippen LogP contribution in [0.15, 0.2) is 86.3 Å². The van der Waals surface area contributed by atoms with Gasteiger partial charge in [0, 0.05) is 36.6 Å². The van der Waals surface area contributed by atoms with Crippen molar-refractivity contribution >= 4 is 63.7 Å². The van der Waals surface area contributed by atoms with Gasteiger partial charge in [0.05, 0.1) is 0 Å². The lowest BCUT2D eigenvalue weighted by molar-refractivity contribution is 0.587. The fourth-order valence-corrected chi connectivity index (χ4v) is 8.97. The van der Waals surface area contributed by atoms with Gasteiger partial charge in [0.2, 0.25) is 0 Å². The summed E-state index contributed by atoms with van der Waals surface area (Å²) in [6.45, 7) is 21.3. The lowest BCUT2D eigenvalue weighted by Crippen LogP contribution is -2.62. The molecule has 4 aromatic rings. The zero-order valence-electron chi connectivity index (χ0n) is 25.2. The zero-order chi connectivity index (χ0) is 28.4. The summed E-state index contributed by atoms with van der Waals surface area (Å²) in [5.74, 6) is 0. The quantitative estimate of drug-likeness (QED) is 0.185. The number of nitrogens with zero attached hydrogens (tertiary/aromatic N) is 1. The first kappa shape index (κ1) is 26.4. The fraction of sp³-hybridized carbons (Fsp3) is 0.333. The molecule has 3 aliphatic heterocycles. The molecule has 4 heteroatoms. The topological polar surface area (TPSA) is 3.24 Å². The van der Waals surface area contributed by atoms with Gasteiger partial charge >= 0.3 is 0 Å². The lowest BCUT2D eigenvalue weighted by atomic mass is 9.34. The molecule has 3 aliphatic rings. The molecule has 0 N–H and O–H groups in total. The van der Waals surface area contributed by atoms with Crippen molar-refractivity contribution in [2.24, 2.45) is 0 Å². The second kappa shape index (κ2) is 8.49. The Hall–Kier alpha value is -2.56. The normalized spacial score (nSPS) is 15.3. The SMILES string of the molecule is CC(C)(C)c1cc2c3c(c1)Sc1cc(C(C)(C)C)cc4c1B3c1c(cc(C(C)(C)C)cc1N4c1ccccc1)S2. The zero-order valence-corrected chi connectivity index (χ0v) is 26.8. The first-order valence-electron chi connectivity index (χ1n) is 14.5. The molecule has 0 saturated carbocycles. The van der Waals surface area contributed by atoms with E-state index in [2.05, 4.69) is 134 Å². The van der Waals surface area contributed by atoms with Gasteiger partial charge in [0.1, 0.15) is 0 Å². The van der Waals surface area contributed by atoms with Crippen molar-refractivity contribution < 1.29 is 0 Å². The first-order valence-corrected chi connectivity index (χ1v) is 16.1. The Morgan fingerprint density at radius 2 is 0.875 bits per heavy atom. The van der Waals surface area contributed by atoms with Crippen molar-refractivity contribution in [3.63, 3.8) is 0 Å². The van der Waals surface area contributed by atoms with Crippen LogP contribution in [-0.2, 0) is 16.2 Å². The maximum absolute atomic E-state index is 2.57. The minimum absolute atomic E-state index is 0.0499. The smallest absolute Gasteiger partial charge is 0.252 e. The van der Waals surface area contributed by atoms with Crippen molar-refractivity contribution in [2.75, 3.05) is 4.90 Å². The van der Waals surface area contributed by atoms with E-state index in [1.54, 1.807) is 0 Å². The molecular formula is C36H38BNS2. The number of hydrogen-bond acceptors (Lipinski definition) is 3. The number of hydrogen-bond donors (Lipinski definition) is 0. The molecule has 4 aromatic carbocycles. The monoisotopic (exact) mass is 559 g/mol. The van der Waals surface area contributed by atoms with Gasteiger partial charge in [-0.15, -0.1) is 0 Å². The van der Waals surface area contributed by atoms with Crippen LogP contribution < -0.4 is 21.3 Å². The van der Waals surface area contributed by atoms with Crippen molar-refractivity contribution in [1.29, 1.82) is 0 Å². The van der Waals surface area contributed by atoms with Crippen molar-refractivity contribution in [2.45, 2.75) is 98.1 Å². The van der Waals surface area contributed by atoms with Gasteiger partial charge in [-0.25, -0.2) is 0 Å². The molecular weight excluding hydrogens is 521 g/mol. The third-order valence-corrected chi connectivity index (χ3v) is 11.0. The van der Waals surface area contributed by atoms with Gasteiger partial charge in [-0.2, -0.15) is 0 Å². The predicted molar refractivity (Wildman–Crippen MR) is 177 cm³/mol. The minimum Gasteiger partial charge on any atom is -0.311 e. The molecule has 0 spiro atoms. The molecule has 1 nitrogen and oxygen atoms in total. The van der Waals surface area contributed by atoms with Crippen LogP contribution in [0.1, 0.15) is 79.0 Å². The average molecular weight is 560 g/mol. The summed E-state index contributed by atoms with van der Waals surface area (Å²) >= 11 is 3.99. The summed E-state index contributed by atoms with van der Waals surface area (Å²) in [5.41, 5.74) is 12.8. The molecule has 0 radical (unpaired) electrons. The van der Waals surface area contributed by atoms with Crippen LogP contribution in [0.3, 0.4) is 0 Å². The summed E-state index contributed by atoms with van der Waals surface area (Å²) in [5, 5.41) is 0. The van der Waals surface area contributed by atoms with Crippen LogP contribution in [0.25, 0.3) is 0 Å². The predicted octanol–water partition coefficient (Wildman–Crippen LogP) is 8.81. The Balaban J connectivity index is 1.62. The molecule has 0 bridgehead atoms. The van der Waals surface area contributed by atoms with E-state index in [-0.39, 0.29) is 23.0 Å². The van der Waals surface area contributed by atoms with E-state index in [9.17, 15) is 0 Å². The second-order valence-electron chi connectivity index (χ2n) is 14.8. The van der Waals surface area contributed by atoms with Crippen LogP contribution in [0.5, 0.6) is 0 Å². The van der Waals surface area contributed by atoms with Crippen LogP contribution in [0.4, 0.5) is 17.1 Å². The Morgan fingerprint density at radius 3 is 1.27 bits per heavy atom. The van der Waals surface area contributed by atoms with E-state index in [0.717, 1.165) is 0 Å². The van der Waals surface area contributed by atoms with E-state index in [0.29, 0.717) is 0 Å². The molecule has 0 aliphatic carbocycles. The van der Waals surface area contributed by atoms with E-state index in [1.165, 1.54) is 69.7 Å². The summed E-state index contributed by atoms with van der Waals surface area (Å²) in [7, 11) is 0. The third-order valence-electron chi connectivity index (χ3n) is 8.74. The third kappa shape index (κ3) is 3.93. The molecule has 0 fully saturated rings. The highest BCUT2D eigenvalue weighted by Gasteiger charge is 2.47. The van der Waals surface area contributed by atoms with Crippen LogP contribution in [0, 0.1) is 0 Å². The molecule has 7 rings (SSSR count). The molecule has 202 valence electrons. The molecule has 0 atom stereocenters. The largest absolute Gasteiger partial charge is 0.311 e. The highest BCUT2D eigenvalue weighted by molar-refractivity contribution is 8.01. The molecule has 3 heterocycles. The maximum Gasteiger partial charge on any atom is 0.252 e. The van der Waals surface area contributed by atoms with Gasteiger partial charge in [0.15, 0.2) is 0 Å². The Bertz CT molecular complexity index is 1600. The van der Waals surface area contributed by atoms with E-state index >= 15 is 0 Å². The highest BCUT2D eigenvalue weighted by atomic mass is 32.2. The van der Waals surface area contributed by atoms with Crippen molar-refractivity contribution in [3.8, 4) is 0 Å².